The van der Waals surface area contributed by atoms with Crippen molar-refractivity contribution in [3.63, 3.8) is 0 Å². The zero-order valence-corrected chi connectivity index (χ0v) is 9.40. The van der Waals surface area contributed by atoms with E-state index in [0.717, 1.165) is 0 Å². The van der Waals surface area contributed by atoms with E-state index in [1.165, 1.54) is 18.2 Å². The lowest BCUT2D eigenvalue weighted by Crippen LogP contribution is -2.29. The van der Waals surface area contributed by atoms with Crippen LogP contribution in [0.4, 0.5) is 5.82 Å². The van der Waals surface area contributed by atoms with Gasteiger partial charge < -0.3 is 15.2 Å². The highest BCUT2D eigenvalue weighted by Crippen LogP contribution is 2.16. The maximum Gasteiger partial charge on any atom is 0.230 e. The summed E-state index contributed by atoms with van der Waals surface area (Å²) >= 11 is 0. The van der Waals surface area contributed by atoms with E-state index in [-0.39, 0.29) is 17.4 Å². The van der Waals surface area contributed by atoms with Gasteiger partial charge in [-0.25, -0.2) is 4.98 Å². The Kier molecular flexibility index (Phi) is 3.27. The predicted molar refractivity (Wildman–Crippen MR) is 56.7 cm³/mol. The minimum atomic E-state index is -1.37. The molecule has 0 aromatic carbocycles. The third-order valence-electron chi connectivity index (χ3n) is 1.88. The Morgan fingerprint density at radius 2 is 1.94 bits per heavy atom. The maximum absolute atomic E-state index is 11.6. The number of aromatic nitrogens is 1. The van der Waals surface area contributed by atoms with Crippen LogP contribution in [0.3, 0.4) is 0 Å². The van der Waals surface area contributed by atoms with E-state index in [4.69, 9.17) is 0 Å². The second-order valence-corrected chi connectivity index (χ2v) is 4.40. The molecule has 0 aliphatic heterocycles. The standard InChI is InChI=1S/C11H14N2O3/c1-11(2,3)10(16)13-8-6-4-5-7(12-8)9(14)15/h4-6H,1-3H3,(H,14,15)(H,12,13,16)/p-1. The number of pyridine rings is 1. The first kappa shape index (κ1) is 12.2. The minimum Gasteiger partial charge on any atom is -0.543 e. The summed E-state index contributed by atoms with van der Waals surface area (Å²) in [6.45, 7) is 5.26. The van der Waals surface area contributed by atoms with Crippen molar-refractivity contribution in [1.82, 2.24) is 4.98 Å². The van der Waals surface area contributed by atoms with Crippen LogP contribution in [0.5, 0.6) is 0 Å². The molecule has 0 fully saturated rings. The van der Waals surface area contributed by atoms with E-state index < -0.39 is 11.4 Å². The lowest BCUT2D eigenvalue weighted by molar-refractivity contribution is -0.255. The van der Waals surface area contributed by atoms with Crippen LogP contribution in [0.25, 0.3) is 0 Å². The number of carboxylic acids is 1. The van der Waals surface area contributed by atoms with Crippen molar-refractivity contribution < 1.29 is 14.7 Å². The molecule has 0 saturated heterocycles. The Balaban J connectivity index is 2.87. The average molecular weight is 221 g/mol. The number of anilines is 1. The van der Waals surface area contributed by atoms with E-state index in [0.29, 0.717) is 0 Å². The van der Waals surface area contributed by atoms with Crippen LogP contribution in [0.15, 0.2) is 18.2 Å². The average Bonchev–Trinajstić information content (AvgIpc) is 2.16. The molecule has 0 bridgehead atoms. The first-order chi connectivity index (χ1) is 7.30. The number of amides is 1. The van der Waals surface area contributed by atoms with Gasteiger partial charge in [0, 0.05) is 5.41 Å². The van der Waals surface area contributed by atoms with Gasteiger partial charge in [0.1, 0.15) is 5.82 Å². The third-order valence-corrected chi connectivity index (χ3v) is 1.88. The summed E-state index contributed by atoms with van der Waals surface area (Å²) in [7, 11) is 0. The smallest absolute Gasteiger partial charge is 0.230 e. The Morgan fingerprint density at radius 3 is 2.44 bits per heavy atom. The van der Waals surface area contributed by atoms with E-state index in [9.17, 15) is 14.7 Å². The number of nitrogens with zero attached hydrogens (tertiary/aromatic N) is 1. The van der Waals surface area contributed by atoms with E-state index >= 15 is 0 Å². The van der Waals surface area contributed by atoms with Gasteiger partial charge in [-0.2, -0.15) is 0 Å². The number of carbonyl (C=O) groups is 2. The summed E-state index contributed by atoms with van der Waals surface area (Å²) in [4.78, 5) is 25.9. The van der Waals surface area contributed by atoms with Gasteiger partial charge in [-0.05, 0) is 12.1 Å². The third kappa shape index (κ3) is 3.05. The summed E-state index contributed by atoms with van der Waals surface area (Å²) in [6.07, 6.45) is 0. The van der Waals surface area contributed by atoms with Crippen LogP contribution in [-0.4, -0.2) is 16.9 Å². The van der Waals surface area contributed by atoms with Gasteiger partial charge in [0.15, 0.2) is 0 Å². The molecule has 16 heavy (non-hydrogen) atoms. The van der Waals surface area contributed by atoms with Gasteiger partial charge in [0.05, 0.1) is 11.7 Å². The summed E-state index contributed by atoms with van der Waals surface area (Å²) in [5.74, 6) is -1.39. The number of carbonyl (C=O) groups excluding carboxylic acids is 2. The highest BCUT2D eigenvalue weighted by Gasteiger charge is 2.21. The lowest BCUT2D eigenvalue weighted by Gasteiger charge is -2.17. The maximum atomic E-state index is 11.6. The number of nitrogens with one attached hydrogen (secondary N) is 1. The molecule has 1 heterocycles. The van der Waals surface area contributed by atoms with Crippen LogP contribution in [-0.2, 0) is 4.79 Å². The van der Waals surface area contributed by atoms with E-state index in [2.05, 4.69) is 10.3 Å². The van der Waals surface area contributed by atoms with Crippen molar-refractivity contribution in [1.29, 1.82) is 0 Å². The Labute approximate surface area is 93.5 Å². The molecule has 1 rings (SSSR count). The molecule has 1 aromatic rings. The van der Waals surface area contributed by atoms with Crippen LogP contribution in [0, 0.1) is 5.41 Å². The highest BCUT2D eigenvalue weighted by molar-refractivity contribution is 5.94. The first-order valence-electron chi connectivity index (χ1n) is 4.80. The molecule has 0 atom stereocenters. The molecule has 5 heteroatoms. The normalized spacial score (nSPS) is 10.9. The molecule has 1 aromatic heterocycles. The fourth-order valence-electron chi connectivity index (χ4n) is 0.922. The lowest BCUT2D eigenvalue weighted by atomic mass is 9.96. The van der Waals surface area contributed by atoms with Gasteiger partial charge in [0.25, 0.3) is 0 Å². The molecule has 5 nitrogen and oxygen atoms in total. The van der Waals surface area contributed by atoms with Crippen molar-refractivity contribution in [3.8, 4) is 0 Å². The zero-order valence-electron chi connectivity index (χ0n) is 9.40. The quantitative estimate of drug-likeness (QED) is 0.785. The number of hydrogen-bond acceptors (Lipinski definition) is 4. The molecule has 0 saturated carbocycles. The molecule has 0 radical (unpaired) electrons. The molecule has 0 aliphatic rings. The zero-order chi connectivity index (χ0) is 12.3. The molecule has 0 unspecified atom stereocenters. The van der Waals surface area contributed by atoms with Gasteiger partial charge in [-0.1, -0.05) is 26.8 Å². The molecular weight excluding hydrogens is 208 g/mol. The second kappa shape index (κ2) is 4.30. The van der Waals surface area contributed by atoms with Crippen LogP contribution >= 0.6 is 0 Å². The van der Waals surface area contributed by atoms with Crippen molar-refractivity contribution in [2.75, 3.05) is 5.32 Å². The van der Waals surface area contributed by atoms with Gasteiger partial charge in [-0.3, -0.25) is 4.79 Å². The second-order valence-electron chi connectivity index (χ2n) is 4.40. The fraction of sp³-hybridized carbons (Fsp3) is 0.364. The molecular formula is C11H13N2O3-. The fourth-order valence-corrected chi connectivity index (χ4v) is 0.922. The number of carboxylic acid groups (broad SMARTS) is 1. The van der Waals surface area contributed by atoms with Crippen molar-refractivity contribution in [3.05, 3.63) is 23.9 Å². The SMILES string of the molecule is CC(C)(C)C(=O)Nc1cccc(C(=O)[O-])n1. The Hall–Kier alpha value is -1.91. The van der Waals surface area contributed by atoms with Gasteiger partial charge >= 0.3 is 0 Å². The van der Waals surface area contributed by atoms with Crippen molar-refractivity contribution in [2.45, 2.75) is 20.8 Å². The van der Waals surface area contributed by atoms with Gasteiger partial charge in [0.2, 0.25) is 5.91 Å². The largest absolute Gasteiger partial charge is 0.543 e. The van der Waals surface area contributed by atoms with Crippen LogP contribution in [0.1, 0.15) is 31.3 Å². The molecule has 0 aliphatic carbocycles. The van der Waals surface area contributed by atoms with Crippen LogP contribution < -0.4 is 10.4 Å². The Bertz CT molecular complexity index is 421. The van der Waals surface area contributed by atoms with Crippen molar-refractivity contribution >= 4 is 17.7 Å². The predicted octanol–water partition coefficient (Wildman–Crippen LogP) is 0.430. The summed E-state index contributed by atoms with van der Waals surface area (Å²) < 4.78 is 0. The monoisotopic (exact) mass is 221 g/mol. The molecule has 1 amide bonds. The number of hydrogen-bond donors (Lipinski definition) is 1. The van der Waals surface area contributed by atoms with Crippen molar-refractivity contribution in [2.24, 2.45) is 5.41 Å². The summed E-state index contributed by atoms with van der Waals surface area (Å²) in [5.41, 5.74) is -0.759. The first-order valence-corrected chi connectivity index (χ1v) is 4.80. The number of rotatable bonds is 2. The van der Waals surface area contributed by atoms with E-state index in [1.807, 2.05) is 0 Å². The minimum absolute atomic E-state index is 0.202. The molecule has 0 spiro atoms. The number of aromatic carboxylic acids is 1. The van der Waals surface area contributed by atoms with Crippen LogP contribution in [0.2, 0.25) is 0 Å². The molecule has 1 N–H and O–H groups in total. The van der Waals surface area contributed by atoms with Gasteiger partial charge in [-0.15, -0.1) is 0 Å². The topological polar surface area (TPSA) is 82.1 Å². The Morgan fingerprint density at radius 1 is 1.31 bits per heavy atom. The van der Waals surface area contributed by atoms with E-state index in [1.54, 1.807) is 20.8 Å². The molecule has 86 valence electrons. The highest BCUT2D eigenvalue weighted by atomic mass is 16.4. The summed E-state index contributed by atoms with van der Waals surface area (Å²) in [6, 6.07) is 4.33. The summed E-state index contributed by atoms with van der Waals surface area (Å²) in [5, 5.41) is 13.1.